The lowest BCUT2D eigenvalue weighted by molar-refractivity contribution is -0.136. The van der Waals surface area contributed by atoms with Crippen LogP contribution in [0.4, 0.5) is 4.39 Å². The molecule has 2 heterocycles. The molecular formula is C26H30FN3O4. The first-order chi connectivity index (χ1) is 16.0. The first-order valence-corrected chi connectivity index (χ1v) is 11.1. The summed E-state index contributed by atoms with van der Waals surface area (Å²) in [5.41, 5.74) is 3.13. The van der Waals surface area contributed by atoms with Crippen molar-refractivity contribution in [3.8, 4) is 22.8 Å². The Kier molecular flexibility index (Phi) is 7.81. The van der Waals surface area contributed by atoms with Gasteiger partial charge in [0.25, 0.3) is 0 Å². The zero-order valence-corrected chi connectivity index (χ0v) is 20.2. The van der Waals surface area contributed by atoms with E-state index in [0.717, 1.165) is 5.69 Å². The van der Waals surface area contributed by atoms with E-state index in [9.17, 15) is 9.18 Å². The molecular weight excluding hydrogens is 437 g/mol. The van der Waals surface area contributed by atoms with Gasteiger partial charge >= 0.3 is 5.97 Å². The Hall–Kier alpha value is -3.55. The summed E-state index contributed by atoms with van der Waals surface area (Å²) in [6, 6.07) is 9.97. The average molecular weight is 468 g/mol. The maximum Gasteiger partial charge on any atom is 0.303 e. The van der Waals surface area contributed by atoms with Crippen molar-refractivity contribution in [2.75, 3.05) is 7.11 Å². The molecule has 1 N–H and O–H groups in total. The SMILES string of the molecule is COc1ccc(F)c(-c2ccc(COc3cc(CCC(=O)O)nc(C)n3)nc2CC(C)(C)C)c1. The summed E-state index contributed by atoms with van der Waals surface area (Å²) < 4.78 is 25.8. The number of carbonyl (C=O) groups is 1. The number of aliphatic carboxylic acids is 1. The molecule has 0 radical (unpaired) electrons. The van der Waals surface area contributed by atoms with Crippen molar-refractivity contribution in [2.45, 2.75) is 53.6 Å². The van der Waals surface area contributed by atoms with E-state index in [0.29, 0.717) is 52.8 Å². The van der Waals surface area contributed by atoms with Crippen molar-refractivity contribution < 1.29 is 23.8 Å². The number of ether oxygens (including phenoxy) is 2. The predicted octanol–water partition coefficient (Wildman–Crippen LogP) is 5.18. The van der Waals surface area contributed by atoms with Gasteiger partial charge in [0.1, 0.15) is 24.0 Å². The molecule has 0 saturated heterocycles. The van der Waals surface area contributed by atoms with Gasteiger partial charge in [0.15, 0.2) is 0 Å². The maximum atomic E-state index is 14.7. The number of hydrogen-bond acceptors (Lipinski definition) is 6. The van der Waals surface area contributed by atoms with Crippen LogP contribution in [0.15, 0.2) is 36.4 Å². The quantitative estimate of drug-likeness (QED) is 0.463. The fourth-order valence-corrected chi connectivity index (χ4v) is 3.53. The zero-order chi connectivity index (χ0) is 24.9. The van der Waals surface area contributed by atoms with Gasteiger partial charge in [-0.1, -0.05) is 26.8 Å². The Bertz CT molecular complexity index is 1180. The van der Waals surface area contributed by atoms with Crippen LogP contribution in [-0.2, 0) is 24.2 Å². The first kappa shape index (κ1) is 25.1. The Morgan fingerprint density at radius 2 is 1.79 bits per heavy atom. The predicted molar refractivity (Wildman–Crippen MR) is 126 cm³/mol. The second kappa shape index (κ2) is 10.6. The van der Waals surface area contributed by atoms with Gasteiger partial charge in [-0.15, -0.1) is 0 Å². The molecule has 0 amide bonds. The van der Waals surface area contributed by atoms with Gasteiger partial charge in [-0.2, -0.15) is 4.98 Å². The topological polar surface area (TPSA) is 94.4 Å². The number of aromatic nitrogens is 3. The number of carboxylic acids is 1. The molecule has 0 spiro atoms. The summed E-state index contributed by atoms with van der Waals surface area (Å²) in [7, 11) is 1.55. The van der Waals surface area contributed by atoms with Crippen molar-refractivity contribution in [3.63, 3.8) is 0 Å². The van der Waals surface area contributed by atoms with Gasteiger partial charge in [0.2, 0.25) is 5.88 Å². The highest BCUT2D eigenvalue weighted by Gasteiger charge is 2.19. The van der Waals surface area contributed by atoms with E-state index in [-0.39, 0.29) is 24.3 Å². The molecule has 0 aliphatic rings. The highest BCUT2D eigenvalue weighted by molar-refractivity contribution is 5.68. The van der Waals surface area contributed by atoms with Crippen LogP contribution in [0, 0.1) is 18.2 Å². The molecule has 8 heteroatoms. The summed E-state index contributed by atoms with van der Waals surface area (Å²) in [6.07, 6.45) is 0.915. The van der Waals surface area contributed by atoms with Gasteiger partial charge in [-0.05, 0) is 43.0 Å². The van der Waals surface area contributed by atoms with E-state index in [1.54, 1.807) is 38.3 Å². The van der Waals surface area contributed by atoms with E-state index in [1.807, 2.05) is 6.07 Å². The molecule has 0 saturated carbocycles. The Morgan fingerprint density at radius 3 is 2.47 bits per heavy atom. The normalized spacial score (nSPS) is 11.4. The lowest BCUT2D eigenvalue weighted by Crippen LogP contribution is -2.13. The number of benzene rings is 1. The van der Waals surface area contributed by atoms with Gasteiger partial charge in [-0.3, -0.25) is 9.78 Å². The molecule has 0 aliphatic heterocycles. The lowest BCUT2D eigenvalue weighted by Gasteiger charge is -2.21. The minimum absolute atomic E-state index is 0.0180. The van der Waals surface area contributed by atoms with Crippen molar-refractivity contribution in [2.24, 2.45) is 5.41 Å². The van der Waals surface area contributed by atoms with E-state index < -0.39 is 5.97 Å². The minimum atomic E-state index is -0.887. The molecule has 3 rings (SSSR count). The molecule has 0 aliphatic carbocycles. The highest BCUT2D eigenvalue weighted by Crippen LogP contribution is 2.32. The fourth-order valence-electron chi connectivity index (χ4n) is 3.53. The van der Waals surface area contributed by atoms with Crippen LogP contribution in [0.2, 0.25) is 0 Å². The van der Waals surface area contributed by atoms with Crippen LogP contribution < -0.4 is 9.47 Å². The third-order valence-electron chi connectivity index (χ3n) is 5.02. The third kappa shape index (κ3) is 6.97. The van der Waals surface area contributed by atoms with Crippen LogP contribution in [0.5, 0.6) is 11.6 Å². The number of pyridine rings is 1. The van der Waals surface area contributed by atoms with Gasteiger partial charge in [-0.25, -0.2) is 9.37 Å². The van der Waals surface area contributed by atoms with E-state index >= 15 is 0 Å². The zero-order valence-electron chi connectivity index (χ0n) is 20.2. The van der Waals surface area contributed by atoms with Crippen molar-refractivity contribution >= 4 is 5.97 Å². The maximum absolute atomic E-state index is 14.7. The van der Waals surface area contributed by atoms with Crippen molar-refractivity contribution in [1.82, 2.24) is 15.0 Å². The number of rotatable bonds is 9. The molecule has 34 heavy (non-hydrogen) atoms. The van der Waals surface area contributed by atoms with Gasteiger partial charge < -0.3 is 14.6 Å². The van der Waals surface area contributed by atoms with Crippen molar-refractivity contribution in [1.29, 1.82) is 0 Å². The highest BCUT2D eigenvalue weighted by atomic mass is 19.1. The number of hydrogen-bond donors (Lipinski definition) is 1. The van der Waals surface area contributed by atoms with Gasteiger partial charge in [0, 0.05) is 35.0 Å². The molecule has 7 nitrogen and oxygen atoms in total. The lowest BCUT2D eigenvalue weighted by atomic mass is 9.87. The molecule has 1 aromatic carbocycles. The second-order valence-corrected chi connectivity index (χ2v) is 9.31. The van der Waals surface area contributed by atoms with E-state index in [1.165, 1.54) is 6.07 Å². The first-order valence-electron chi connectivity index (χ1n) is 11.1. The largest absolute Gasteiger partial charge is 0.497 e. The summed E-state index contributed by atoms with van der Waals surface area (Å²) in [5, 5.41) is 8.91. The molecule has 180 valence electrons. The smallest absolute Gasteiger partial charge is 0.303 e. The molecule has 2 aromatic heterocycles. The Morgan fingerprint density at radius 1 is 1.03 bits per heavy atom. The summed E-state index contributed by atoms with van der Waals surface area (Å²) in [6.45, 7) is 8.20. The van der Waals surface area contributed by atoms with E-state index in [4.69, 9.17) is 19.6 Å². The van der Waals surface area contributed by atoms with Crippen LogP contribution in [0.3, 0.4) is 0 Å². The number of halogens is 1. The minimum Gasteiger partial charge on any atom is -0.497 e. The second-order valence-electron chi connectivity index (χ2n) is 9.31. The number of methoxy groups -OCH3 is 1. The molecule has 0 unspecified atom stereocenters. The Balaban J connectivity index is 1.88. The monoisotopic (exact) mass is 467 g/mol. The summed E-state index contributed by atoms with van der Waals surface area (Å²) >= 11 is 0. The van der Waals surface area contributed by atoms with Crippen LogP contribution in [-0.4, -0.2) is 33.1 Å². The number of nitrogens with zero attached hydrogens (tertiary/aromatic N) is 3. The summed E-state index contributed by atoms with van der Waals surface area (Å²) in [4.78, 5) is 24.2. The molecule has 3 aromatic rings. The van der Waals surface area contributed by atoms with Crippen LogP contribution in [0.1, 0.15) is 50.1 Å². The third-order valence-corrected chi connectivity index (χ3v) is 5.02. The van der Waals surface area contributed by atoms with E-state index in [2.05, 4.69) is 30.7 Å². The molecule has 0 fully saturated rings. The molecule has 0 bridgehead atoms. The van der Waals surface area contributed by atoms with Crippen LogP contribution >= 0.6 is 0 Å². The fraction of sp³-hybridized carbons (Fsp3) is 0.385. The van der Waals surface area contributed by atoms with Gasteiger partial charge in [0.05, 0.1) is 19.2 Å². The summed E-state index contributed by atoms with van der Waals surface area (Å²) in [5.74, 6) is 0.204. The van der Waals surface area contributed by atoms with Crippen LogP contribution in [0.25, 0.3) is 11.1 Å². The number of aryl methyl sites for hydroxylation is 2. The van der Waals surface area contributed by atoms with Crippen molar-refractivity contribution in [3.05, 3.63) is 65.1 Å². The molecule has 0 atom stereocenters. The number of carboxylic acid groups (broad SMARTS) is 1. The Labute approximate surface area is 199 Å². The average Bonchev–Trinajstić information content (AvgIpc) is 2.76. The standard InChI is InChI=1S/C26H30FN3O4/c1-16-28-17(7-11-25(31)32)12-24(29-16)34-15-18-6-9-20(23(30-18)14-26(2,3)4)21-13-19(33-5)8-10-22(21)27/h6,8-10,12-13H,7,11,14-15H2,1-5H3,(H,31,32).